The third-order valence-electron chi connectivity index (χ3n) is 4.00. The molecule has 1 aliphatic rings. The van der Waals surface area contributed by atoms with Gasteiger partial charge in [0.05, 0.1) is 0 Å². The van der Waals surface area contributed by atoms with Crippen molar-refractivity contribution in [2.75, 3.05) is 20.1 Å². The smallest absolute Gasteiger partial charge is 0.0309 e. The van der Waals surface area contributed by atoms with Crippen LogP contribution in [0.3, 0.4) is 0 Å². The molecule has 1 heterocycles. The van der Waals surface area contributed by atoms with Gasteiger partial charge in [0.2, 0.25) is 0 Å². The van der Waals surface area contributed by atoms with Gasteiger partial charge in [-0.05, 0) is 50.6 Å². The van der Waals surface area contributed by atoms with E-state index in [1.165, 1.54) is 37.8 Å². The topological polar surface area (TPSA) is 15.3 Å². The Bertz CT molecular complexity index is 382. The maximum Gasteiger partial charge on any atom is 0.0309 e. The summed E-state index contributed by atoms with van der Waals surface area (Å²) in [6.45, 7) is 5.65. The molecule has 1 saturated heterocycles. The van der Waals surface area contributed by atoms with Crippen molar-refractivity contribution in [2.45, 2.75) is 44.7 Å². The second kappa shape index (κ2) is 6.87. The molecule has 1 N–H and O–H groups in total. The van der Waals surface area contributed by atoms with Crippen molar-refractivity contribution in [3.63, 3.8) is 0 Å². The van der Waals surface area contributed by atoms with Crippen LogP contribution in [0.25, 0.3) is 0 Å². The summed E-state index contributed by atoms with van der Waals surface area (Å²) >= 11 is 3.49. The van der Waals surface area contributed by atoms with Crippen molar-refractivity contribution < 1.29 is 0 Å². The first-order valence-corrected chi connectivity index (χ1v) is 8.11. The minimum atomic E-state index is 0.360. The number of nitrogens with one attached hydrogen (secondary N) is 1. The lowest BCUT2D eigenvalue weighted by Crippen LogP contribution is -2.48. The van der Waals surface area contributed by atoms with Crippen molar-refractivity contribution >= 4 is 15.9 Å². The Kier molecular flexibility index (Phi) is 5.43. The normalized spacial score (nSPS) is 23.2. The van der Waals surface area contributed by atoms with Crippen LogP contribution in [0.4, 0.5) is 0 Å². The Balaban J connectivity index is 1.92. The molecule has 0 radical (unpaired) electrons. The third kappa shape index (κ3) is 4.30. The van der Waals surface area contributed by atoms with Crippen LogP contribution in [0.15, 0.2) is 28.7 Å². The molecule has 1 atom stereocenters. The van der Waals surface area contributed by atoms with E-state index in [0.717, 1.165) is 17.6 Å². The summed E-state index contributed by atoms with van der Waals surface area (Å²) < 4.78 is 1.15. The van der Waals surface area contributed by atoms with Gasteiger partial charge in [0.25, 0.3) is 0 Å². The van der Waals surface area contributed by atoms with E-state index in [0.29, 0.717) is 5.54 Å². The van der Waals surface area contributed by atoms with E-state index in [2.05, 4.69) is 64.4 Å². The minimum Gasteiger partial charge on any atom is -0.310 e. The van der Waals surface area contributed by atoms with Gasteiger partial charge in [0.15, 0.2) is 0 Å². The standard InChI is InChI=1S/C16H25BrN2/c1-3-9-16(10-4-11-18-16)13-19(2)12-14-5-7-15(17)8-6-14/h5-8,18H,3-4,9-13H2,1-2H3. The molecule has 0 spiro atoms. The Morgan fingerprint density at radius 1 is 1.32 bits per heavy atom. The third-order valence-corrected chi connectivity index (χ3v) is 4.53. The molecule has 0 saturated carbocycles. The molecule has 3 heteroatoms. The van der Waals surface area contributed by atoms with Crippen molar-refractivity contribution in [2.24, 2.45) is 0 Å². The molecule has 0 aromatic heterocycles. The molecule has 2 nitrogen and oxygen atoms in total. The summed E-state index contributed by atoms with van der Waals surface area (Å²) in [6, 6.07) is 8.65. The highest BCUT2D eigenvalue weighted by atomic mass is 79.9. The van der Waals surface area contributed by atoms with E-state index >= 15 is 0 Å². The van der Waals surface area contributed by atoms with Gasteiger partial charge in [0.1, 0.15) is 0 Å². The first-order valence-electron chi connectivity index (χ1n) is 7.31. The summed E-state index contributed by atoms with van der Waals surface area (Å²) in [6.07, 6.45) is 5.20. The number of benzene rings is 1. The molecule has 0 aliphatic carbocycles. The van der Waals surface area contributed by atoms with E-state index in [1.54, 1.807) is 0 Å². The van der Waals surface area contributed by atoms with Crippen LogP contribution in [-0.2, 0) is 6.54 Å². The summed E-state index contributed by atoms with van der Waals surface area (Å²) in [5.41, 5.74) is 1.74. The Morgan fingerprint density at radius 2 is 2.05 bits per heavy atom. The van der Waals surface area contributed by atoms with Crippen LogP contribution >= 0.6 is 15.9 Å². The predicted molar refractivity (Wildman–Crippen MR) is 85.4 cm³/mol. The zero-order valence-corrected chi connectivity index (χ0v) is 13.7. The van der Waals surface area contributed by atoms with E-state index in [4.69, 9.17) is 0 Å². The van der Waals surface area contributed by atoms with Gasteiger partial charge in [0, 0.05) is 23.1 Å². The molecule has 1 aliphatic heterocycles. The van der Waals surface area contributed by atoms with E-state index in [1.807, 2.05) is 0 Å². The quantitative estimate of drug-likeness (QED) is 0.856. The zero-order valence-electron chi connectivity index (χ0n) is 12.1. The Hall–Kier alpha value is -0.380. The largest absolute Gasteiger partial charge is 0.310 e. The van der Waals surface area contributed by atoms with Crippen LogP contribution in [0.1, 0.15) is 38.2 Å². The van der Waals surface area contributed by atoms with Gasteiger partial charge >= 0.3 is 0 Å². The molecule has 106 valence electrons. The molecule has 2 rings (SSSR count). The molecule has 19 heavy (non-hydrogen) atoms. The van der Waals surface area contributed by atoms with E-state index < -0.39 is 0 Å². The summed E-state index contributed by atoms with van der Waals surface area (Å²) in [5, 5.41) is 3.75. The fourth-order valence-electron chi connectivity index (χ4n) is 3.25. The Labute approximate surface area is 125 Å². The zero-order chi connectivity index (χ0) is 13.7. The second-order valence-corrected chi connectivity index (χ2v) is 6.78. The van der Waals surface area contributed by atoms with Gasteiger partial charge in [-0.1, -0.05) is 41.4 Å². The maximum atomic E-state index is 3.75. The highest BCUT2D eigenvalue weighted by Crippen LogP contribution is 2.26. The summed E-state index contributed by atoms with van der Waals surface area (Å²) in [7, 11) is 2.24. The Morgan fingerprint density at radius 3 is 2.63 bits per heavy atom. The van der Waals surface area contributed by atoms with Crippen molar-refractivity contribution in [3.05, 3.63) is 34.3 Å². The number of hydrogen-bond donors (Lipinski definition) is 1. The molecular formula is C16H25BrN2. The number of rotatable bonds is 6. The average Bonchev–Trinajstić information content (AvgIpc) is 2.81. The van der Waals surface area contributed by atoms with Crippen LogP contribution in [-0.4, -0.2) is 30.6 Å². The first-order chi connectivity index (χ1) is 9.13. The van der Waals surface area contributed by atoms with Gasteiger partial charge in [-0.25, -0.2) is 0 Å². The van der Waals surface area contributed by atoms with Crippen LogP contribution in [0.2, 0.25) is 0 Å². The van der Waals surface area contributed by atoms with Gasteiger partial charge in [-0.15, -0.1) is 0 Å². The maximum absolute atomic E-state index is 3.75. The molecule has 1 aromatic rings. The highest BCUT2D eigenvalue weighted by molar-refractivity contribution is 9.10. The fourth-order valence-corrected chi connectivity index (χ4v) is 3.51. The van der Waals surface area contributed by atoms with Gasteiger partial charge in [-0.2, -0.15) is 0 Å². The molecular weight excluding hydrogens is 300 g/mol. The number of halogens is 1. The SMILES string of the molecule is CCCC1(CN(C)Cc2ccc(Br)cc2)CCCN1. The minimum absolute atomic E-state index is 0.360. The lowest BCUT2D eigenvalue weighted by Gasteiger charge is -2.34. The lowest BCUT2D eigenvalue weighted by molar-refractivity contribution is 0.207. The van der Waals surface area contributed by atoms with E-state index in [-0.39, 0.29) is 0 Å². The molecule has 0 bridgehead atoms. The first kappa shape index (κ1) is 15.0. The van der Waals surface area contributed by atoms with Crippen molar-refractivity contribution in [3.8, 4) is 0 Å². The fraction of sp³-hybridized carbons (Fsp3) is 0.625. The predicted octanol–water partition coefficient (Wildman–Crippen LogP) is 3.80. The summed E-state index contributed by atoms with van der Waals surface area (Å²) in [4.78, 5) is 2.46. The van der Waals surface area contributed by atoms with Crippen LogP contribution < -0.4 is 5.32 Å². The van der Waals surface area contributed by atoms with Crippen molar-refractivity contribution in [1.82, 2.24) is 10.2 Å². The average molecular weight is 325 g/mol. The molecule has 1 unspecified atom stereocenters. The molecule has 1 aromatic carbocycles. The highest BCUT2D eigenvalue weighted by Gasteiger charge is 2.33. The monoisotopic (exact) mass is 324 g/mol. The van der Waals surface area contributed by atoms with Crippen LogP contribution in [0.5, 0.6) is 0 Å². The van der Waals surface area contributed by atoms with Gasteiger partial charge < -0.3 is 10.2 Å². The lowest BCUT2D eigenvalue weighted by atomic mass is 9.91. The number of nitrogens with zero attached hydrogens (tertiary/aromatic N) is 1. The molecule has 1 fully saturated rings. The second-order valence-electron chi connectivity index (χ2n) is 5.86. The van der Waals surface area contributed by atoms with Crippen LogP contribution in [0, 0.1) is 0 Å². The number of hydrogen-bond acceptors (Lipinski definition) is 2. The van der Waals surface area contributed by atoms with E-state index in [9.17, 15) is 0 Å². The summed E-state index contributed by atoms with van der Waals surface area (Å²) in [5.74, 6) is 0. The molecule has 0 amide bonds. The number of likely N-dealkylation sites (N-methyl/N-ethyl adjacent to an activating group) is 1. The van der Waals surface area contributed by atoms with Crippen molar-refractivity contribution in [1.29, 1.82) is 0 Å². The van der Waals surface area contributed by atoms with Gasteiger partial charge in [-0.3, -0.25) is 0 Å².